The number of amides is 2. The summed E-state index contributed by atoms with van der Waals surface area (Å²) in [6.07, 6.45) is 0.879. The lowest BCUT2D eigenvalue weighted by atomic mass is 9.97. The largest absolute Gasteiger partial charge is 0.362 e. The van der Waals surface area contributed by atoms with Crippen LogP contribution in [-0.4, -0.2) is 34.2 Å². The first kappa shape index (κ1) is 17.5. The molecule has 138 valence electrons. The van der Waals surface area contributed by atoms with Crippen LogP contribution in [0.3, 0.4) is 0 Å². The molecule has 0 aliphatic carbocycles. The van der Waals surface area contributed by atoms with Gasteiger partial charge in [-0.25, -0.2) is 0 Å². The molecular weight excluding hydrogens is 336 g/mol. The normalized spacial score (nSPS) is 17.2. The predicted molar refractivity (Wildman–Crippen MR) is 106 cm³/mol. The number of carbonyl (C=O) groups excluding carboxylic acids is 2. The maximum absolute atomic E-state index is 13.2. The summed E-state index contributed by atoms with van der Waals surface area (Å²) in [5.41, 5.74) is 5.58. The molecule has 0 atom stereocenters. The first-order valence-corrected chi connectivity index (χ1v) is 9.48. The Morgan fingerprint density at radius 3 is 2.22 bits per heavy atom. The Bertz CT molecular complexity index is 941. The number of carbonyl (C=O) groups is 2. The first-order valence-electron chi connectivity index (χ1n) is 9.48. The van der Waals surface area contributed by atoms with E-state index in [0.717, 1.165) is 24.1 Å². The lowest BCUT2D eigenvalue weighted by molar-refractivity contribution is -0.139. The topological polar surface area (TPSA) is 40.6 Å². The van der Waals surface area contributed by atoms with Crippen LogP contribution in [0.4, 0.5) is 0 Å². The molecular formula is C23H24N2O2. The summed E-state index contributed by atoms with van der Waals surface area (Å²) in [5, 5.41) is 0. The Morgan fingerprint density at radius 2 is 1.56 bits per heavy atom. The fourth-order valence-electron chi connectivity index (χ4n) is 3.96. The van der Waals surface area contributed by atoms with E-state index in [9.17, 15) is 9.59 Å². The maximum Gasteiger partial charge on any atom is 0.278 e. The summed E-state index contributed by atoms with van der Waals surface area (Å²) in [7, 11) is 0. The number of fused-ring (bicyclic) bond motifs is 1. The van der Waals surface area contributed by atoms with E-state index in [-0.39, 0.29) is 17.9 Å². The Balaban J connectivity index is 1.81. The van der Waals surface area contributed by atoms with E-state index in [2.05, 4.69) is 23.1 Å². The van der Waals surface area contributed by atoms with Gasteiger partial charge in [-0.05, 0) is 43.9 Å². The van der Waals surface area contributed by atoms with Crippen LogP contribution in [0.2, 0.25) is 0 Å². The molecule has 2 heterocycles. The van der Waals surface area contributed by atoms with Crippen molar-refractivity contribution in [2.45, 2.75) is 39.8 Å². The molecule has 4 nitrogen and oxygen atoms in total. The summed E-state index contributed by atoms with van der Waals surface area (Å²) in [6.45, 7) is 7.19. The molecule has 2 amide bonds. The highest BCUT2D eigenvalue weighted by Gasteiger charge is 2.43. The zero-order chi connectivity index (χ0) is 19.1. The predicted octanol–water partition coefficient (Wildman–Crippen LogP) is 3.54. The van der Waals surface area contributed by atoms with Crippen molar-refractivity contribution in [1.29, 1.82) is 0 Å². The van der Waals surface area contributed by atoms with Crippen LogP contribution in [0.1, 0.15) is 36.1 Å². The van der Waals surface area contributed by atoms with Crippen LogP contribution in [-0.2, 0) is 22.6 Å². The second kappa shape index (κ2) is 6.69. The first-order chi connectivity index (χ1) is 13.0. The van der Waals surface area contributed by atoms with Crippen molar-refractivity contribution in [3.8, 4) is 0 Å². The molecule has 0 aromatic heterocycles. The minimum absolute atomic E-state index is 0.167. The van der Waals surface area contributed by atoms with E-state index in [0.29, 0.717) is 17.8 Å². The molecule has 0 fully saturated rings. The maximum atomic E-state index is 13.2. The SMILES string of the molecule is Cc1ccc(C2=C(N3CCc4ccccc4C3)C(=O)N(C(C)C)C2=O)cc1. The van der Waals surface area contributed by atoms with E-state index in [4.69, 9.17) is 0 Å². The van der Waals surface area contributed by atoms with Gasteiger partial charge >= 0.3 is 0 Å². The molecule has 0 saturated heterocycles. The van der Waals surface area contributed by atoms with E-state index in [1.54, 1.807) is 0 Å². The van der Waals surface area contributed by atoms with Crippen molar-refractivity contribution in [1.82, 2.24) is 9.80 Å². The Morgan fingerprint density at radius 1 is 0.889 bits per heavy atom. The van der Waals surface area contributed by atoms with Gasteiger partial charge in [-0.2, -0.15) is 0 Å². The van der Waals surface area contributed by atoms with Crippen molar-refractivity contribution in [3.63, 3.8) is 0 Å². The number of nitrogens with zero attached hydrogens (tertiary/aromatic N) is 2. The molecule has 0 unspecified atom stereocenters. The van der Waals surface area contributed by atoms with Gasteiger partial charge in [0.15, 0.2) is 0 Å². The lowest BCUT2D eigenvalue weighted by Gasteiger charge is -2.31. The van der Waals surface area contributed by atoms with Gasteiger partial charge in [-0.1, -0.05) is 54.1 Å². The van der Waals surface area contributed by atoms with Crippen molar-refractivity contribution < 1.29 is 9.59 Å². The van der Waals surface area contributed by atoms with Gasteiger partial charge in [-0.15, -0.1) is 0 Å². The summed E-state index contributed by atoms with van der Waals surface area (Å²) in [6, 6.07) is 16.0. The van der Waals surface area contributed by atoms with Crippen LogP contribution >= 0.6 is 0 Å². The summed E-state index contributed by atoms with van der Waals surface area (Å²) < 4.78 is 0. The van der Waals surface area contributed by atoms with Gasteiger partial charge < -0.3 is 4.90 Å². The van der Waals surface area contributed by atoms with Gasteiger partial charge in [0.2, 0.25) is 0 Å². The number of hydrogen-bond acceptors (Lipinski definition) is 3. The highest BCUT2D eigenvalue weighted by Crippen LogP contribution is 2.35. The average molecular weight is 360 g/mol. The lowest BCUT2D eigenvalue weighted by Crippen LogP contribution is -2.40. The molecule has 0 saturated carbocycles. The second-order valence-electron chi connectivity index (χ2n) is 7.60. The number of benzene rings is 2. The Kier molecular flexibility index (Phi) is 4.34. The smallest absolute Gasteiger partial charge is 0.278 e. The van der Waals surface area contributed by atoms with Gasteiger partial charge in [0, 0.05) is 19.1 Å². The number of rotatable bonds is 3. The fraction of sp³-hybridized carbons (Fsp3) is 0.304. The highest BCUT2D eigenvalue weighted by atomic mass is 16.2. The number of aryl methyl sites for hydroxylation is 1. The van der Waals surface area contributed by atoms with E-state index in [1.165, 1.54) is 16.0 Å². The quantitative estimate of drug-likeness (QED) is 0.786. The number of hydrogen-bond donors (Lipinski definition) is 0. The van der Waals surface area contributed by atoms with Gasteiger partial charge in [-0.3, -0.25) is 14.5 Å². The monoisotopic (exact) mass is 360 g/mol. The zero-order valence-electron chi connectivity index (χ0n) is 16.0. The van der Waals surface area contributed by atoms with Gasteiger partial charge in [0.1, 0.15) is 5.70 Å². The van der Waals surface area contributed by atoms with Gasteiger partial charge in [0.05, 0.1) is 5.57 Å². The standard InChI is InChI=1S/C23H24N2O2/c1-15(2)25-22(26)20(18-10-8-16(3)9-11-18)21(23(25)27)24-13-12-17-6-4-5-7-19(17)14-24/h4-11,15H,12-14H2,1-3H3. The Hall–Kier alpha value is -2.88. The minimum Gasteiger partial charge on any atom is -0.362 e. The Labute approximate surface area is 160 Å². The highest BCUT2D eigenvalue weighted by molar-refractivity contribution is 6.35. The zero-order valence-corrected chi connectivity index (χ0v) is 16.0. The van der Waals surface area contributed by atoms with Crippen molar-refractivity contribution in [3.05, 3.63) is 76.5 Å². The molecule has 2 aromatic rings. The molecule has 27 heavy (non-hydrogen) atoms. The third-order valence-electron chi connectivity index (χ3n) is 5.39. The third-order valence-corrected chi connectivity index (χ3v) is 5.39. The van der Waals surface area contributed by atoms with Crippen LogP contribution in [0, 0.1) is 6.92 Å². The van der Waals surface area contributed by atoms with Crippen LogP contribution < -0.4 is 0 Å². The molecule has 0 bridgehead atoms. The van der Waals surface area contributed by atoms with Gasteiger partial charge in [0.25, 0.3) is 11.8 Å². The van der Waals surface area contributed by atoms with Crippen LogP contribution in [0.15, 0.2) is 54.2 Å². The van der Waals surface area contributed by atoms with Crippen molar-refractivity contribution >= 4 is 17.4 Å². The number of imide groups is 1. The molecule has 0 N–H and O–H groups in total. The molecule has 0 radical (unpaired) electrons. The van der Waals surface area contributed by atoms with Crippen LogP contribution in [0.25, 0.3) is 5.57 Å². The summed E-state index contributed by atoms with van der Waals surface area (Å²) in [5.74, 6) is -0.363. The molecule has 2 aliphatic rings. The molecule has 4 rings (SSSR count). The molecule has 4 heteroatoms. The molecule has 2 aromatic carbocycles. The van der Waals surface area contributed by atoms with Crippen molar-refractivity contribution in [2.24, 2.45) is 0 Å². The fourth-order valence-corrected chi connectivity index (χ4v) is 3.96. The van der Waals surface area contributed by atoms with E-state index >= 15 is 0 Å². The molecule has 2 aliphatic heterocycles. The van der Waals surface area contributed by atoms with E-state index < -0.39 is 0 Å². The van der Waals surface area contributed by atoms with E-state index in [1.807, 2.05) is 51.1 Å². The molecule has 0 spiro atoms. The summed E-state index contributed by atoms with van der Waals surface area (Å²) in [4.78, 5) is 29.9. The summed E-state index contributed by atoms with van der Waals surface area (Å²) >= 11 is 0. The van der Waals surface area contributed by atoms with Crippen molar-refractivity contribution in [2.75, 3.05) is 6.54 Å². The third kappa shape index (κ3) is 2.95. The van der Waals surface area contributed by atoms with Crippen LogP contribution in [0.5, 0.6) is 0 Å². The second-order valence-corrected chi connectivity index (χ2v) is 7.60. The minimum atomic E-state index is -0.187. The average Bonchev–Trinajstić information content (AvgIpc) is 2.92.